The van der Waals surface area contributed by atoms with Crippen molar-refractivity contribution in [2.75, 3.05) is 11.4 Å². The molecule has 0 atom stereocenters. The molecule has 4 rings (SSSR count). The van der Waals surface area contributed by atoms with Gasteiger partial charge in [0.05, 0.1) is 5.69 Å². The number of hydrogen-bond acceptors (Lipinski definition) is 2. The molecule has 2 aliphatic rings. The Morgan fingerprint density at radius 3 is 2.68 bits per heavy atom. The van der Waals surface area contributed by atoms with Crippen LogP contribution in [0.1, 0.15) is 30.5 Å². The molecule has 0 N–H and O–H groups in total. The number of para-hydroxylation sites is 1. The minimum atomic E-state index is 0.944. The summed E-state index contributed by atoms with van der Waals surface area (Å²) in [6.07, 6.45) is 8.82. The molecule has 0 unspecified atom stereocenters. The second kappa shape index (κ2) is 6.21. The van der Waals surface area contributed by atoms with E-state index < -0.39 is 0 Å². The Hall–Kier alpha value is -2.87. The number of benzene rings is 2. The fraction of sp³-hybridized carbons (Fsp3) is 0.174. The SMILES string of the molecule is CCN1/C(=C/C=C2\C(C)=Nc3ccccc32)C=Cc2cc(C)ccc21. The van der Waals surface area contributed by atoms with Crippen LogP contribution in [0.2, 0.25) is 0 Å². The summed E-state index contributed by atoms with van der Waals surface area (Å²) in [6.45, 7) is 7.36. The first-order valence-corrected chi connectivity index (χ1v) is 8.80. The summed E-state index contributed by atoms with van der Waals surface area (Å²) in [4.78, 5) is 7.03. The first-order valence-electron chi connectivity index (χ1n) is 8.80. The Labute approximate surface area is 149 Å². The minimum absolute atomic E-state index is 0.944. The molecular weight excluding hydrogens is 304 g/mol. The van der Waals surface area contributed by atoms with Crippen molar-refractivity contribution in [1.82, 2.24) is 0 Å². The highest BCUT2D eigenvalue weighted by atomic mass is 15.1. The van der Waals surface area contributed by atoms with Crippen LogP contribution in [0, 0.1) is 6.92 Å². The standard InChI is InChI=1S/C23H22N2/c1-4-25-19(11-10-18-15-16(2)9-14-23(18)25)12-13-20-17(3)24-22-8-6-5-7-21(20)22/h5-15H,4H2,1-3H3/b19-12+,20-13+. The maximum absolute atomic E-state index is 4.67. The Bertz CT molecular complexity index is 958. The highest BCUT2D eigenvalue weighted by Gasteiger charge is 2.18. The van der Waals surface area contributed by atoms with Gasteiger partial charge in [-0.2, -0.15) is 0 Å². The number of aliphatic imine (C=N–C) groups is 1. The van der Waals surface area contributed by atoms with Gasteiger partial charge in [0.25, 0.3) is 0 Å². The molecule has 25 heavy (non-hydrogen) atoms. The summed E-state index contributed by atoms with van der Waals surface area (Å²) in [5.41, 5.74) is 9.65. The molecule has 0 aliphatic carbocycles. The summed E-state index contributed by atoms with van der Waals surface area (Å²) in [5, 5.41) is 0. The second-order valence-electron chi connectivity index (χ2n) is 6.53. The largest absolute Gasteiger partial charge is 0.341 e. The molecule has 0 bridgehead atoms. The van der Waals surface area contributed by atoms with E-state index in [1.807, 2.05) is 6.07 Å². The van der Waals surface area contributed by atoms with Gasteiger partial charge >= 0.3 is 0 Å². The van der Waals surface area contributed by atoms with E-state index in [0.717, 1.165) is 17.9 Å². The molecule has 0 fully saturated rings. The molecule has 124 valence electrons. The lowest BCUT2D eigenvalue weighted by molar-refractivity contribution is 0.971. The molecule has 0 saturated carbocycles. The van der Waals surface area contributed by atoms with Gasteiger partial charge in [0.1, 0.15) is 0 Å². The summed E-state index contributed by atoms with van der Waals surface area (Å²) >= 11 is 0. The Morgan fingerprint density at radius 2 is 1.84 bits per heavy atom. The monoisotopic (exact) mass is 326 g/mol. The van der Waals surface area contributed by atoms with Crippen molar-refractivity contribution < 1.29 is 0 Å². The molecule has 0 aromatic heterocycles. The van der Waals surface area contributed by atoms with E-state index in [0.29, 0.717) is 0 Å². The average Bonchev–Trinajstić information content (AvgIpc) is 2.94. The van der Waals surface area contributed by atoms with E-state index >= 15 is 0 Å². The van der Waals surface area contributed by atoms with Crippen LogP contribution in [0.25, 0.3) is 11.6 Å². The average molecular weight is 326 g/mol. The lowest BCUT2D eigenvalue weighted by Crippen LogP contribution is -2.23. The fourth-order valence-corrected chi connectivity index (χ4v) is 3.57. The van der Waals surface area contributed by atoms with Crippen molar-refractivity contribution in [2.45, 2.75) is 20.8 Å². The number of hydrogen-bond donors (Lipinski definition) is 0. The van der Waals surface area contributed by atoms with Gasteiger partial charge in [-0.3, -0.25) is 4.99 Å². The zero-order valence-electron chi connectivity index (χ0n) is 15.0. The van der Waals surface area contributed by atoms with Gasteiger partial charge in [-0.15, -0.1) is 0 Å². The molecule has 2 nitrogen and oxygen atoms in total. The maximum Gasteiger partial charge on any atom is 0.0712 e. The molecule has 0 spiro atoms. The van der Waals surface area contributed by atoms with E-state index in [4.69, 9.17) is 0 Å². The number of anilines is 1. The third-order valence-electron chi connectivity index (χ3n) is 4.83. The number of fused-ring (bicyclic) bond motifs is 2. The predicted octanol–water partition coefficient (Wildman–Crippen LogP) is 5.92. The molecule has 2 heteroatoms. The van der Waals surface area contributed by atoms with Crippen molar-refractivity contribution in [3.05, 3.63) is 83.1 Å². The molecular formula is C23H22N2. The number of aryl methyl sites for hydroxylation is 1. The van der Waals surface area contributed by atoms with Crippen LogP contribution in [-0.2, 0) is 0 Å². The maximum atomic E-state index is 4.67. The highest BCUT2D eigenvalue weighted by molar-refractivity contribution is 6.28. The Morgan fingerprint density at radius 1 is 1.00 bits per heavy atom. The minimum Gasteiger partial charge on any atom is -0.341 e. The number of rotatable bonds is 2. The van der Waals surface area contributed by atoms with Gasteiger partial charge in [-0.1, -0.05) is 42.0 Å². The second-order valence-corrected chi connectivity index (χ2v) is 6.53. The van der Waals surface area contributed by atoms with E-state index in [1.54, 1.807) is 0 Å². The van der Waals surface area contributed by atoms with Gasteiger partial charge in [-0.05, 0) is 56.7 Å². The zero-order chi connectivity index (χ0) is 17.4. The molecule has 0 amide bonds. The van der Waals surface area contributed by atoms with Gasteiger partial charge < -0.3 is 4.90 Å². The first kappa shape index (κ1) is 15.6. The van der Waals surface area contributed by atoms with E-state index in [1.165, 1.54) is 33.6 Å². The Kier molecular flexibility index (Phi) is 3.89. The van der Waals surface area contributed by atoms with Crippen LogP contribution in [0.15, 0.2) is 71.4 Å². The van der Waals surface area contributed by atoms with Crippen LogP contribution < -0.4 is 4.90 Å². The summed E-state index contributed by atoms with van der Waals surface area (Å²) in [7, 11) is 0. The summed E-state index contributed by atoms with van der Waals surface area (Å²) in [6, 6.07) is 15.0. The van der Waals surface area contributed by atoms with Crippen LogP contribution in [0.4, 0.5) is 11.4 Å². The predicted molar refractivity (Wildman–Crippen MR) is 109 cm³/mol. The van der Waals surface area contributed by atoms with Gasteiger partial charge in [-0.25, -0.2) is 0 Å². The van der Waals surface area contributed by atoms with E-state index in [9.17, 15) is 0 Å². The van der Waals surface area contributed by atoms with Crippen LogP contribution in [0.5, 0.6) is 0 Å². The molecule has 2 aliphatic heterocycles. The van der Waals surface area contributed by atoms with Crippen molar-refractivity contribution in [1.29, 1.82) is 0 Å². The summed E-state index contributed by atoms with van der Waals surface area (Å²) in [5.74, 6) is 0. The van der Waals surface area contributed by atoms with E-state index in [2.05, 4.69) is 91.4 Å². The van der Waals surface area contributed by atoms with Crippen LogP contribution >= 0.6 is 0 Å². The van der Waals surface area contributed by atoms with Crippen molar-refractivity contribution in [2.24, 2.45) is 4.99 Å². The Balaban J connectivity index is 1.73. The normalized spacial score (nSPS) is 18.5. The third kappa shape index (κ3) is 2.74. The highest BCUT2D eigenvalue weighted by Crippen LogP contribution is 2.35. The number of nitrogens with zero attached hydrogens (tertiary/aromatic N) is 2. The number of likely N-dealkylation sites (N-methyl/N-ethyl adjacent to an activating group) is 1. The topological polar surface area (TPSA) is 15.6 Å². The van der Waals surface area contributed by atoms with Crippen molar-refractivity contribution in [3.63, 3.8) is 0 Å². The molecule has 2 heterocycles. The smallest absolute Gasteiger partial charge is 0.0712 e. The van der Waals surface area contributed by atoms with E-state index in [-0.39, 0.29) is 0 Å². The van der Waals surface area contributed by atoms with Crippen LogP contribution in [-0.4, -0.2) is 12.3 Å². The van der Waals surface area contributed by atoms with Gasteiger partial charge in [0, 0.05) is 34.8 Å². The van der Waals surface area contributed by atoms with Crippen molar-refractivity contribution in [3.8, 4) is 0 Å². The fourth-order valence-electron chi connectivity index (χ4n) is 3.57. The molecule has 2 aromatic rings. The molecule has 0 radical (unpaired) electrons. The lowest BCUT2D eigenvalue weighted by Gasteiger charge is -2.29. The van der Waals surface area contributed by atoms with Gasteiger partial charge in [0.15, 0.2) is 0 Å². The van der Waals surface area contributed by atoms with Crippen molar-refractivity contribution >= 4 is 28.7 Å². The van der Waals surface area contributed by atoms with Gasteiger partial charge in [0.2, 0.25) is 0 Å². The first-order chi connectivity index (χ1) is 12.2. The zero-order valence-corrected chi connectivity index (χ0v) is 15.0. The molecule has 0 saturated heterocycles. The molecule has 2 aromatic carbocycles. The lowest BCUT2D eigenvalue weighted by atomic mass is 10.0. The number of allylic oxidation sites excluding steroid dienone is 4. The summed E-state index contributed by atoms with van der Waals surface area (Å²) < 4.78 is 0. The van der Waals surface area contributed by atoms with Crippen LogP contribution in [0.3, 0.4) is 0 Å². The third-order valence-corrected chi connectivity index (χ3v) is 4.83. The quantitative estimate of drug-likeness (QED) is 0.668.